The highest BCUT2D eigenvalue weighted by atomic mass is 79.9. The van der Waals surface area contributed by atoms with Gasteiger partial charge in [-0.15, -0.1) is 17.0 Å². The summed E-state index contributed by atoms with van der Waals surface area (Å²) in [5, 5.41) is 0. The Morgan fingerprint density at radius 2 is 1.88 bits per heavy atom. The minimum atomic E-state index is -0.358. The van der Waals surface area contributed by atoms with Gasteiger partial charge in [0, 0.05) is 0 Å². The van der Waals surface area contributed by atoms with Gasteiger partial charge in [-0.05, 0) is 39.7 Å². The average Bonchev–Trinajstić information content (AvgIpc) is 2.17. The molecule has 0 rings (SSSR count). The van der Waals surface area contributed by atoms with Crippen molar-refractivity contribution in [3.05, 3.63) is 23.3 Å². The molecule has 0 saturated carbocycles. The van der Waals surface area contributed by atoms with Crippen LogP contribution in [0.2, 0.25) is 0 Å². The van der Waals surface area contributed by atoms with E-state index in [2.05, 4.69) is 19.9 Å². The zero-order valence-corrected chi connectivity index (χ0v) is 12.0. The van der Waals surface area contributed by atoms with Crippen molar-refractivity contribution in [2.24, 2.45) is 5.73 Å². The fourth-order valence-corrected chi connectivity index (χ4v) is 1.03. The second-order valence-electron chi connectivity index (χ2n) is 3.76. The van der Waals surface area contributed by atoms with Gasteiger partial charge in [0.25, 0.3) is 0 Å². The van der Waals surface area contributed by atoms with Crippen LogP contribution in [0.15, 0.2) is 23.3 Å². The Labute approximate surface area is 109 Å². The van der Waals surface area contributed by atoms with Gasteiger partial charge in [0.05, 0.1) is 6.54 Å². The average molecular weight is 292 g/mol. The molecule has 0 atom stereocenters. The summed E-state index contributed by atoms with van der Waals surface area (Å²) >= 11 is 0. The Morgan fingerprint density at radius 1 is 1.25 bits per heavy atom. The molecule has 2 N–H and O–H groups in total. The van der Waals surface area contributed by atoms with Crippen LogP contribution in [0.1, 0.15) is 33.6 Å². The van der Waals surface area contributed by atoms with Crippen LogP contribution in [0.25, 0.3) is 0 Å². The lowest BCUT2D eigenvalue weighted by atomic mass is 10.1. The summed E-state index contributed by atoms with van der Waals surface area (Å²) in [5.41, 5.74) is 7.66. The number of carbonyl (C=O) groups is 1. The summed E-state index contributed by atoms with van der Waals surface area (Å²) in [6.07, 6.45) is 6.16. The predicted octanol–water partition coefficient (Wildman–Crippen LogP) is 2.76. The zero-order valence-electron chi connectivity index (χ0n) is 10.3. The van der Waals surface area contributed by atoms with Crippen molar-refractivity contribution in [3.63, 3.8) is 0 Å². The first-order valence-electron chi connectivity index (χ1n) is 5.21. The van der Waals surface area contributed by atoms with Gasteiger partial charge in [-0.1, -0.05) is 17.2 Å². The molecule has 0 heterocycles. The maximum atomic E-state index is 10.7. The number of allylic oxidation sites excluding steroid dienone is 3. The van der Waals surface area contributed by atoms with E-state index in [4.69, 9.17) is 10.5 Å². The molecule has 0 aromatic rings. The minimum absolute atomic E-state index is 0. The molecule has 0 aliphatic heterocycles. The Morgan fingerprint density at radius 3 is 2.38 bits per heavy atom. The Balaban J connectivity index is 0. The van der Waals surface area contributed by atoms with Gasteiger partial charge in [-0.25, -0.2) is 0 Å². The van der Waals surface area contributed by atoms with Crippen LogP contribution >= 0.6 is 17.0 Å². The molecule has 0 aliphatic carbocycles. The van der Waals surface area contributed by atoms with Crippen molar-refractivity contribution in [3.8, 4) is 0 Å². The standard InChI is InChI=1S/C12H21NO2.BrH/c1-10(2)5-4-6-11(3)7-8-15-12(14)9-13;/h5,7H,4,6,8-9,13H2,1-3H3;1H/b11-7+;. The number of carbonyl (C=O) groups excluding carboxylic acids is 1. The van der Waals surface area contributed by atoms with E-state index >= 15 is 0 Å². The van der Waals surface area contributed by atoms with Crippen LogP contribution in [0, 0.1) is 0 Å². The van der Waals surface area contributed by atoms with E-state index < -0.39 is 0 Å². The summed E-state index contributed by atoms with van der Waals surface area (Å²) in [5.74, 6) is -0.358. The Bertz CT molecular complexity index is 256. The van der Waals surface area contributed by atoms with Gasteiger partial charge < -0.3 is 10.5 Å². The summed E-state index contributed by atoms with van der Waals surface area (Å²) in [6, 6.07) is 0. The lowest BCUT2D eigenvalue weighted by Crippen LogP contribution is -2.16. The van der Waals surface area contributed by atoms with E-state index in [9.17, 15) is 4.79 Å². The molecule has 4 heteroatoms. The third-order valence-corrected chi connectivity index (χ3v) is 1.93. The third-order valence-electron chi connectivity index (χ3n) is 1.93. The number of halogens is 1. The molecular formula is C12H22BrNO2. The second-order valence-corrected chi connectivity index (χ2v) is 3.76. The minimum Gasteiger partial charge on any atom is -0.461 e. The lowest BCUT2D eigenvalue weighted by Gasteiger charge is -2.01. The fourth-order valence-electron chi connectivity index (χ4n) is 1.03. The van der Waals surface area contributed by atoms with Crippen molar-refractivity contribution in [1.82, 2.24) is 0 Å². The van der Waals surface area contributed by atoms with Gasteiger partial charge in [0.2, 0.25) is 0 Å². The zero-order chi connectivity index (χ0) is 11.7. The van der Waals surface area contributed by atoms with Crippen LogP contribution < -0.4 is 5.73 Å². The maximum Gasteiger partial charge on any atom is 0.320 e. The second kappa shape index (κ2) is 10.9. The molecule has 0 radical (unpaired) electrons. The number of esters is 1. The fraction of sp³-hybridized carbons (Fsp3) is 0.583. The molecule has 0 bridgehead atoms. The predicted molar refractivity (Wildman–Crippen MR) is 72.8 cm³/mol. The number of rotatable bonds is 6. The maximum absolute atomic E-state index is 10.7. The van der Waals surface area contributed by atoms with E-state index in [0.717, 1.165) is 12.8 Å². The van der Waals surface area contributed by atoms with Crippen LogP contribution in [0.5, 0.6) is 0 Å². The topological polar surface area (TPSA) is 52.3 Å². The number of nitrogens with two attached hydrogens (primary N) is 1. The Kier molecular flexibility index (Phi) is 12.1. The lowest BCUT2D eigenvalue weighted by molar-refractivity contribution is -0.140. The van der Waals surface area contributed by atoms with E-state index in [1.165, 1.54) is 11.1 Å². The van der Waals surface area contributed by atoms with E-state index in [1.54, 1.807) is 0 Å². The third kappa shape index (κ3) is 11.5. The first-order valence-corrected chi connectivity index (χ1v) is 5.21. The van der Waals surface area contributed by atoms with E-state index in [-0.39, 0.29) is 29.5 Å². The molecule has 3 nitrogen and oxygen atoms in total. The van der Waals surface area contributed by atoms with Gasteiger partial charge >= 0.3 is 5.97 Å². The van der Waals surface area contributed by atoms with Crippen molar-refractivity contribution < 1.29 is 9.53 Å². The molecule has 0 fully saturated rings. The number of ether oxygens (including phenoxy) is 1. The Hall–Kier alpha value is -0.610. The SMILES string of the molecule is Br.CC(C)=CCC/C(C)=C/COC(=O)CN. The van der Waals surface area contributed by atoms with Gasteiger partial charge in [-0.3, -0.25) is 4.79 Å². The van der Waals surface area contributed by atoms with Gasteiger partial charge in [-0.2, -0.15) is 0 Å². The van der Waals surface area contributed by atoms with Crippen LogP contribution in [-0.4, -0.2) is 19.1 Å². The van der Waals surface area contributed by atoms with E-state index in [0.29, 0.717) is 6.61 Å². The van der Waals surface area contributed by atoms with Gasteiger partial charge in [0.1, 0.15) is 6.61 Å². The molecule has 0 aromatic heterocycles. The van der Waals surface area contributed by atoms with Crippen LogP contribution in [0.4, 0.5) is 0 Å². The summed E-state index contributed by atoms with van der Waals surface area (Å²) in [7, 11) is 0. The highest BCUT2D eigenvalue weighted by Gasteiger charge is 1.95. The monoisotopic (exact) mass is 291 g/mol. The smallest absolute Gasteiger partial charge is 0.320 e. The largest absolute Gasteiger partial charge is 0.461 e. The summed E-state index contributed by atoms with van der Waals surface area (Å²) < 4.78 is 4.83. The van der Waals surface area contributed by atoms with Crippen molar-refractivity contribution in [1.29, 1.82) is 0 Å². The molecule has 0 spiro atoms. The molecule has 94 valence electrons. The molecular weight excluding hydrogens is 270 g/mol. The molecule has 0 saturated heterocycles. The normalized spacial score (nSPS) is 10.4. The van der Waals surface area contributed by atoms with Crippen molar-refractivity contribution in [2.75, 3.05) is 13.2 Å². The molecule has 0 amide bonds. The number of hydrogen-bond acceptors (Lipinski definition) is 3. The number of hydrogen-bond donors (Lipinski definition) is 1. The van der Waals surface area contributed by atoms with Crippen LogP contribution in [0.3, 0.4) is 0 Å². The first kappa shape index (κ1) is 17.8. The molecule has 0 unspecified atom stereocenters. The van der Waals surface area contributed by atoms with Gasteiger partial charge in [0.15, 0.2) is 0 Å². The highest BCUT2D eigenvalue weighted by Crippen LogP contribution is 2.06. The summed E-state index contributed by atoms with van der Waals surface area (Å²) in [6.45, 7) is 6.49. The first-order chi connectivity index (χ1) is 7.06. The molecule has 0 aromatic carbocycles. The molecule has 0 aliphatic rings. The van der Waals surface area contributed by atoms with Crippen LogP contribution in [-0.2, 0) is 9.53 Å². The van der Waals surface area contributed by atoms with Crippen molar-refractivity contribution >= 4 is 23.0 Å². The quantitative estimate of drug-likeness (QED) is 0.605. The highest BCUT2D eigenvalue weighted by molar-refractivity contribution is 8.93. The van der Waals surface area contributed by atoms with E-state index in [1.807, 2.05) is 13.0 Å². The summed E-state index contributed by atoms with van der Waals surface area (Å²) in [4.78, 5) is 10.7. The van der Waals surface area contributed by atoms with Crippen molar-refractivity contribution in [2.45, 2.75) is 33.6 Å². The molecule has 16 heavy (non-hydrogen) atoms.